The van der Waals surface area contributed by atoms with Crippen LogP contribution in [-0.4, -0.2) is 19.0 Å². The Hall–Kier alpha value is -2.36. The number of carbonyl (C=O) groups is 1. The van der Waals surface area contributed by atoms with E-state index in [1.165, 1.54) is 24.3 Å². The van der Waals surface area contributed by atoms with Gasteiger partial charge in [0.05, 0.1) is 13.2 Å². The maximum Gasteiger partial charge on any atom is 0.193 e. The van der Waals surface area contributed by atoms with E-state index in [4.69, 9.17) is 9.47 Å². The van der Waals surface area contributed by atoms with Crippen molar-refractivity contribution in [3.8, 4) is 11.5 Å². The fourth-order valence-corrected chi connectivity index (χ4v) is 2.07. The van der Waals surface area contributed by atoms with E-state index in [1.807, 2.05) is 0 Å². The molecule has 3 rings (SSSR count). The highest BCUT2D eigenvalue weighted by Gasteiger charge is 2.15. The maximum atomic E-state index is 12.9. The normalized spacial score (nSPS) is 13.7. The zero-order valence-corrected chi connectivity index (χ0v) is 10.8. The summed E-state index contributed by atoms with van der Waals surface area (Å²) in [4.78, 5) is 12.3. The SMILES string of the molecule is O=C(c1ccc(F)cc1)c1ccc2c(c1)OCCCO2. The van der Waals surface area contributed by atoms with E-state index in [2.05, 4.69) is 0 Å². The monoisotopic (exact) mass is 272 g/mol. The van der Waals surface area contributed by atoms with Crippen LogP contribution in [0.4, 0.5) is 4.39 Å². The van der Waals surface area contributed by atoms with Crippen molar-refractivity contribution < 1.29 is 18.7 Å². The minimum Gasteiger partial charge on any atom is -0.490 e. The second-order valence-corrected chi connectivity index (χ2v) is 4.55. The van der Waals surface area contributed by atoms with Gasteiger partial charge < -0.3 is 9.47 Å². The van der Waals surface area contributed by atoms with E-state index in [1.54, 1.807) is 18.2 Å². The largest absolute Gasteiger partial charge is 0.490 e. The smallest absolute Gasteiger partial charge is 0.193 e. The summed E-state index contributed by atoms with van der Waals surface area (Å²) in [5.41, 5.74) is 0.946. The molecule has 20 heavy (non-hydrogen) atoms. The van der Waals surface area contributed by atoms with Gasteiger partial charge in [0.2, 0.25) is 0 Å². The van der Waals surface area contributed by atoms with Crippen molar-refractivity contribution in [3.63, 3.8) is 0 Å². The van der Waals surface area contributed by atoms with E-state index in [-0.39, 0.29) is 11.6 Å². The molecule has 1 aliphatic heterocycles. The van der Waals surface area contributed by atoms with Gasteiger partial charge in [-0.1, -0.05) is 0 Å². The Morgan fingerprint density at radius 1 is 0.900 bits per heavy atom. The number of ether oxygens (including phenoxy) is 2. The van der Waals surface area contributed by atoms with Crippen LogP contribution in [-0.2, 0) is 0 Å². The number of fused-ring (bicyclic) bond motifs is 1. The van der Waals surface area contributed by atoms with Crippen molar-refractivity contribution in [3.05, 3.63) is 59.4 Å². The van der Waals surface area contributed by atoms with Crippen LogP contribution in [0.2, 0.25) is 0 Å². The van der Waals surface area contributed by atoms with Gasteiger partial charge in [-0.25, -0.2) is 4.39 Å². The molecule has 0 unspecified atom stereocenters. The molecule has 4 heteroatoms. The maximum absolute atomic E-state index is 12.9. The topological polar surface area (TPSA) is 35.5 Å². The third-order valence-corrected chi connectivity index (χ3v) is 3.12. The fourth-order valence-electron chi connectivity index (χ4n) is 2.07. The number of benzene rings is 2. The van der Waals surface area contributed by atoms with Gasteiger partial charge in [0.25, 0.3) is 0 Å². The number of carbonyl (C=O) groups excluding carboxylic acids is 1. The molecule has 0 aromatic heterocycles. The number of rotatable bonds is 2. The molecule has 0 saturated carbocycles. The van der Waals surface area contributed by atoms with E-state index in [9.17, 15) is 9.18 Å². The summed E-state index contributed by atoms with van der Waals surface area (Å²) in [6.07, 6.45) is 0.815. The molecule has 0 amide bonds. The second-order valence-electron chi connectivity index (χ2n) is 4.55. The molecule has 0 aliphatic carbocycles. The molecule has 1 heterocycles. The van der Waals surface area contributed by atoms with E-state index in [0.717, 1.165) is 6.42 Å². The summed E-state index contributed by atoms with van der Waals surface area (Å²) in [5.74, 6) is 0.703. The van der Waals surface area contributed by atoms with Gasteiger partial charge in [0.1, 0.15) is 5.82 Å². The Bertz CT molecular complexity index is 635. The summed E-state index contributed by atoms with van der Waals surface area (Å²) in [5, 5.41) is 0. The summed E-state index contributed by atoms with van der Waals surface area (Å²) < 4.78 is 24.0. The van der Waals surface area contributed by atoms with Gasteiger partial charge in [-0.2, -0.15) is 0 Å². The molecule has 3 nitrogen and oxygen atoms in total. The van der Waals surface area contributed by atoms with Crippen molar-refractivity contribution in [1.82, 2.24) is 0 Å². The quantitative estimate of drug-likeness (QED) is 0.787. The zero-order valence-electron chi connectivity index (χ0n) is 10.8. The predicted molar refractivity (Wildman–Crippen MR) is 71.9 cm³/mol. The van der Waals surface area contributed by atoms with Crippen LogP contribution >= 0.6 is 0 Å². The Balaban J connectivity index is 1.92. The van der Waals surface area contributed by atoms with Gasteiger partial charge in [-0.15, -0.1) is 0 Å². The molecule has 0 saturated heterocycles. The van der Waals surface area contributed by atoms with Crippen molar-refractivity contribution in [2.45, 2.75) is 6.42 Å². The fraction of sp³-hybridized carbons (Fsp3) is 0.188. The van der Waals surface area contributed by atoms with Crippen molar-refractivity contribution >= 4 is 5.78 Å². The average molecular weight is 272 g/mol. The number of halogens is 1. The summed E-state index contributed by atoms with van der Waals surface area (Å²) in [6, 6.07) is 10.6. The highest BCUT2D eigenvalue weighted by molar-refractivity contribution is 6.09. The van der Waals surface area contributed by atoms with Crippen molar-refractivity contribution in [2.75, 3.05) is 13.2 Å². The highest BCUT2D eigenvalue weighted by atomic mass is 19.1. The number of ketones is 1. The number of hydrogen-bond acceptors (Lipinski definition) is 3. The van der Waals surface area contributed by atoms with Gasteiger partial charge in [-0.3, -0.25) is 4.79 Å². The Kier molecular flexibility index (Phi) is 3.37. The molecule has 0 atom stereocenters. The van der Waals surface area contributed by atoms with Crippen LogP contribution in [0.1, 0.15) is 22.3 Å². The lowest BCUT2D eigenvalue weighted by Crippen LogP contribution is -2.02. The molecule has 2 aromatic carbocycles. The molecule has 0 bridgehead atoms. The summed E-state index contributed by atoms with van der Waals surface area (Å²) >= 11 is 0. The van der Waals surface area contributed by atoms with Crippen LogP contribution in [0.15, 0.2) is 42.5 Å². The zero-order chi connectivity index (χ0) is 13.9. The van der Waals surface area contributed by atoms with E-state index < -0.39 is 0 Å². The Morgan fingerprint density at radius 2 is 1.55 bits per heavy atom. The minimum atomic E-state index is -0.361. The van der Waals surface area contributed by atoms with E-state index in [0.29, 0.717) is 35.8 Å². The van der Waals surface area contributed by atoms with Crippen molar-refractivity contribution in [1.29, 1.82) is 0 Å². The highest BCUT2D eigenvalue weighted by Crippen LogP contribution is 2.31. The molecular weight excluding hydrogens is 259 g/mol. The van der Waals surface area contributed by atoms with E-state index >= 15 is 0 Å². The molecular formula is C16H13FO3. The van der Waals surface area contributed by atoms with Crippen molar-refractivity contribution in [2.24, 2.45) is 0 Å². The van der Waals surface area contributed by atoms with Gasteiger partial charge in [-0.05, 0) is 42.5 Å². The first-order valence-corrected chi connectivity index (χ1v) is 6.44. The van der Waals surface area contributed by atoms with Gasteiger partial charge in [0.15, 0.2) is 17.3 Å². The first kappa shape index (κ1) is 12.7. The Labute approximate surface area is 115 Å². The standard InChI is InChI=1S/C16H13FO3/c17-13-5-2-11(3-6-13)16(18)12-4-7-14-15(10-12)20-9-1-8-19-14/h2-7,10H,1,8-9H2. The lowest BCUT2D eigenvalue weighted by molar-refractivity contribution is 0.103. The van der Waals surface area contributed by atoms with Crippen LogP contribution < -0.4 is 9.47 Å². The first-order chi connectivity index (χ1) is 9.74. The first-order valence-electron chi connectivity index (χ1n) is 6.44. The molecule has 0 radical (unpaired) electrons. The molecule has 0 fully saturated rings. The van der Waals surface area contributed by atoms with Crippen LogP contribution in [0.3, 0.4) is 0 Å². The van der Waals surface area contributed by atoms with Crippen LogP contribution in [0.5, 0.6) is 11.5 Å². The lowest BCUT2D eigenvalue weighted by Gasteiger charge is -2.09. The van der Waals surface area contributed by atoms with Gasteiger partial charge in [0, 0.05) is 17.5 Å². The predicted octanol–water partition coefficient (Wildman–Crippen LogP) is 3.22. The molecule has 2 aromatic rings. The summed E-state index contributed by atoms with van der Waals surface area (Å²) in [7, 11) is 0. The molecule has 0 spiro atoms. The van der Waals surface area contributed by atoms with Crippen LogP contribution in [0.25, 0.3) is 0 Å². The third-order valence-electron chi connectivity index (χ3n) is 3.12. The summed E-state index contributed by atoms with van der Waals surface area (Å²) in [6.45, 7) is 1.18. The van der Waals surface area contributed by atoms with Gasteiger partial charge >= 0.3 is 0 Å². The third kappa shape index (κ3) is 2.50. The molecule has 1 aliphatic rings. The van der Waals surface area contributed by atoms with Crippen LogP contribution in [0, 0.1) is 5.82 Å². The number of hydrogen-bond donors (Lipinski definition) is 0. The Morgan fingerprint density at radius 3 is 2.30 bits per heavy atom. The lowest BCUT2D eigenvalue weighted by atomic mass is 10.0. The second kappa shape index (κ2) is 5.33. The molecule has 102 valence electrons. The minimum absolute atomic E-state index is 0.166. The average Bonchev–Trinajstić information content (AvgIpc) is 2.71. The molecule has 0 N–H and O–H groups in total.